The quantitative estimate of drug-likeness (QED) is 0.595. The van der Waals surface area contributed by atoms with Crippen molar-refractivity contribution in [1.82, 2.24) is 4.98 Å². The Morgan fingerprint density at radius 1 is 1.07 bits per heavy atom. The van der Waals surface area contributed by atoms with Gasteiger partial charge < -0.3 is 10.1 Å². The Hall–Kier alpha value is -2.66. The number of nitrogens with zero attached hydrogens (tertiary/aromatic N) is 1. The SMILES string of the molecule is COc1ccccc1C(c1ccccc1)C(C)(C)C(=O)Nc1nc(C)c(C)s1. The standard InChI is InChI=1S/C23H26N2O2S/c1-15-16(2)28-22(24-15)25-21(26)23(3,4)20(17-11-7-6-8-12-17)18-13-9-10-14-19(18)27-5/h6-14,20H,1-5H3,(H,24,25,26). The van der Waals surface area contributed by atoms with Gasteiger partial charge in [0.15, 0.2) is 5.13 Å². The number of para-hydroxylation sites is 1. The molecule has 0 saturated heterocycles. The molecule has 1 heterocycles. The van der Waals surface area contributed by atoms with Crippen LogP contribution >= 0.6 is 11.3 Å². The number of anilines is 1. The van der Waals surface area contributed by atoms with Gasteiger partial charge in [0, 0.05) is 16.4 Å². The summed E-state index contributed by atoms with van der Waals surface area (Å²) in [5, 5.41) is 3.67. The van der Waals surface area contributed by atoms with Gasteiger partial charge in [-0.05, 0) is 25.5 Å². The molecule has 2 aromatic carbocycles. The normalized spacial score (nSPS) is 12.5. The zero-order valence-corrected chi connectivity index (χ0v) is 17.8. The number of methoxy groups -OCH3 is 1. The van der Waals surface area contributed by atoms with Gasteiger partial charge in [0.1, 0.15) is 5.75 Å². The van der Waals surface area contributed by atoms with Crippen LogP contribution in [0.3, 0.4) is 0 Å². The smallest absolute Gasteiger partial charge is 0.232 e. The third-order valence-corrected chi connectivity index (χ3v) is 6.13. The zero-order valence-electron chi connectivity index (χ0n) is 16.9. The van der Waals surface area contributed by atoms with Gasteiger partial charge in [-0.3, -0.25) is 4.79 Å². The second-order valence-corrected chi connectivity index (χ2v) is 8.63. The number of thiazole rings is 1. The Labute approximate surface area is 170 Å². The summed E-state index contributed by atoms with van der Waals surface area (Å²) in [6, 6.07) is 18.0. The fraction of sp³-hybridized carbons (Fsp3) is 0.304. The summed E-state index contributed by atoms with van der Waals surface area (Å²) < 4.78 is 5.62. The number of benzene rings is 2. The van der Waals surface area contributed by atoms with E-state index < -0.39 is 5.41 Å². The van der Waals surface area contributed by atoms with Crippen molar-refractivity contribution in [2.24, 2.45) is 5.41 Å². The van der Waals surface area contributed by atoms with Crippen LogP contribution in [-0.4, -0.2) is 18.0 Å². The van der Waals surface area contributed by atoms with Gasteiger partial charge in [-0.1, -0.05) is 62.4 Å². The van der Waals surface area contributed by atoms with Gasteiger partial charge in [0.2, 0.25) is 5.91 Å². The van der Waals surface area contributed by atoms with Crippen LogP contribution in [0.2, 0.25) is 0 Å². The number of aromatic nitrogens is 1. The van der Waals surface area contributed by atoms with E-state index in [0.29, 0.717) is 5.13 Å². The van der Waals surface area contributed by atoms with Crippen LogP contribution in [0.4, 0.5) is 5.13 Å². The van der Waals surface area contributed by atoms with Crippen molar-refractivity contribution in [3.05, 3.63) is 76.3 Å². The first kappa shape index (κ1) is 20.1. The molecule has 1 unspecified atom stereocenters. The van der Waals surface area contributed by atoms with Crippen LogP contribution in [0.5, 0.6) is 5.75 Å². The number of hydrogen-bond acceptors (Lipinski definition) is 4. The van der Waals surface area contributed by atoms with Crippen LogP contribution in [0.1, 0.15) is 41.5 Å². The highest BCUT2D eigenvalue weighted by Crippen LogP contribution is 2.45. The summed E-state index contributed by atoms with van der Waals surface area (Å²) in [5.41, 5.74) is 2.27. The minimum absolute atomic E-state index is 0.0685. The summed E-state index contributed by atoms with van der Waals surface area (Å²) in [5.74, 6) is 0.534. The average Bonchev–Trinajstić information content (AvgIpc) is 3.00. The molecule has 1 atom stereocenters. The number of nitrogens with one attached hydrogen (secondary N) is 1. The molecule has 3 aromatic rings. The second-order valence-electron chi connectivity index (χ2n) is 7.42. The van der Waals surface area contributed by atoms with Crippen molar-refractivity contribution < 1.29 is 9.53 Å². The Balaban J connectivity index is 2.04. The summed E-state index contributed by atoms with van der Waals surface area (Å²) in [6.07, 6.45) is 0. The lowest BCUT2D eigenvalue weighted by atomic mass is 9.70. The molecule has 0 aliphatic rings. The third-order valence-electron chi connectivity index (χ3n) is 5.14. The first-order valence-electron chi connectivity index (χ1n) is 9.28. The van der Waals surface area contributed by atoms with E-state index in [1.807, 2.05) is 70.2 Å². The van der Waals surface area contributed by atoms with Gasteiger partial charge in [-0.15, -0.1) is 11.3 Å². The van der Waals surface area contributed by atoms with Gasteiger partial charge in [0.05, 0.1) is 18.2 Å². The molecular formula is C23H26N2O2S. The molecule has 0 bridgehead atoms. The number of rotatable bonds is 6. The highest BCUT2D eigenvalue weighted by Gasteiger charge is 2.40. The molecule has 28 heavy (non-hydrogen) atoms. The molecule has 0 radical (unpaired) electrons. The average molecular weight is 395 g/mol. The van der Waals surface area contributed by atoms with E-state index in [1.165, 1.54) is 11.3 Å². The maximum atomic E-state index is 13.4. The Morgan fingerprint density at radius 3 is 2.32 bits per heavy atom. The van der Waals surface area contributed by atoms with Crippen LogP contribution in [-0.2, 0) is 4.79 Å². The number of hydrogen-bond donors (Lipinski definition) is 1. The minimum Gasteiger partial charge on any atom is -0.496 e. The molecule has 4 nitrogen and oxygen atoms in total. The fourth-order valence-corrected chi connectivity index (χ4v) is 4.26. The maximum Gasteiger partial charge on any atom is 0.232 e. The largest absolute Gasteiger partial charge is 0.496 e. The number of carbonyl (C=O) groups excluding carboxylic acids is 1. The van der Waals surface area contributed by atoms with Crippen LogP contribution in [0.15, 0.2) is 54.6 Å². The molecule has 0 spiro atoms. The molecule has 3 rings (SSSR count). The van der Waals surface area contributed by atoms with E-state index in [0.717, 1.165) is 27.4 Å². The number of aryl methyl sites for hydroxylation is 2. The van der Waals surface area contributed by atoms with E-state index >= 15 is 0 Å². The van der Waals surface area contributed by atoms with Crippen LogP contribution < -0.4 is 10.1 Å². The molecule has 0 fully saturated rings. The fourth-order valence-electron chi connectivity index (χ4n) is 3.45. The Kier molecular flexibility index (Phi) is 5.84. The van der Waals surface area contributed by atoms with Crippen molar-refractivity contribution >= 4 is 22.4 Å². The van der Waals surface area contributed by atoms with Crippen LogP contribution in [0.25, 0.3) is 0 Å². The van der Waals surface area contributed by atoms with Crippen molar-refractivity contribution in [3.63, 3.8) is 0 Å². The van der Waals surface area contributed by atoms with E-state index in [2.05, 4.69) is 22.4 Å². The Bertz CT molecular complexity index is 944. The highest BCUT2D eigenvalue weighted by atomic mass is 32.1. The number of amides is 1. The van der Waals surface area contributed by atoms with Gasteiger partial charge in [-0.25, -0.2) is 4.98 Å². The predicted molar refractivity (Wildman–Crippen MR) is 115 cm³/mol. The van der Waals surface area contributed by atoms with E-state index in [9.17, 15) is 4.79 Å². The maximum absolute atomic E-state index is 13.4. The van der Waals surface area contributed by atoms with E-state index in [4.69, 9.17) is 4.74 Å². The molecule has 0 aliphatic heterocycles. The summed E-state index contributed by atoms with van der Waals surface area (Å²) in [4.78, 5) is 18.9. The summed E-state index contributed by atoms with van der Waals surface area (Å²) >= 11 is 1.50. The van der Waals surface area contributed by atoms with Gasteiger partial charge >= 0.3 is 0 Å². The topological polar surface area (TPSA) is 51.2 Å². The predicted octanol–water partition coefficient (Wildman–Crippen LogP) is 5.57. The molecular weight excluding hydrogens is 368 g/mol. The third kappa shape index (κ3) is 3.94. The molecule has 5 heteroatoms. The lowest BCUT2D eigenvalue weighted by Gasteiger charge is -2.34. The molecule has 146 valence electrons. The molecule has 1 N–H and O–H groups in total. The Morgan fingerprint density at radius 2 is 1.71 bits per heavy atom. The second kappa shape index (κ2) is 8.15. The first-order valence-corrected chi connectivity index (χ1v) is 10.1. The first-order chi connectivity index (χ1) is 13.3. The minimum atomic E-state index is -0.733. The van der Waals surface area contributed by atoms with Crippen molar-refractivity contribution in [1.29, 1.82) is 0 Å². The number of ether oxygens (including phenoxy) is 1. The molecule has 1 amide bonds. The van der Waals surface area contributed by atoms with Gasteiger partial charge in [0.25, 0.3) is 0 Å². The van der Waals surface area contributed by atoms with Gasteiger partial charge in [-0.2, -0.15) is 0 Å². The van der Waals surface area contributed by atoms with Crippen molar-refractivity contribution in [3.8, 4) is 5.75 Å². The van der Waals surface area contributed by atoms with E-state index in [1.54, 1.807) is 7.11 Å². The van der Waals surface area contributed by atoms with Crippen molar-refractivity contribution in [2.45, 2.75) is 33.6 Å². The highest BCUT2D eigenvalue weighted by molar-refractivity contribution is 7.15. The monoisotopic (exact) mass is 394 g/mol. The molecule has 0 saturated carbocycles. The zero-order chi connectivity index (χ0) is 20.3. The number of carbonyl (C=O) groups is 1. The van der Waals surface area contributed by atoms with E-state index in [-0.39, 0.29) is 11.8 Å². The summed E-state index contributed by atoms with van der Waals surface area (Å²) in [7, 11) is 1.66. The molecule has 0 aliphatic carbocycles. The van der Waals surface area contributed by atoms with Crippen molar-refractivity contribution in [2.75, 3.05) is 12.4 Å². The lowest BCUT2D eigenvalue weighted by molar-refractivity contribution is -0.124. The van der Waals surface area contributed by atoms with Crippen LogP contribution in [0, 0.1) is 19.3 Å². The lowest BCUT2D eigenvalue weighted by Crippen LogP contribution is -2.37. The summed E-state index contributed by atoms with van der Waals surface area (Å²) in [6.45, 7) is 7.91. The molecule has 1 aromatic heterocycles.